The van der Waals surface area contributed by atoms with E-state index in [4.69, 9.17) is 4.74 Å². The number of hydrogen-bond acceptors (Lipinski definition) is 3. The number of benzene rings is 3. The first-order valence-corrected chi connectivity index (χ1v) is 10.3. The van der Waals surface area contributed by atoms with Crippen LogP contribution in [0.4, 0.5) is 4.79 Å². The third-order valence-electron chi connectivity index (χ3n) is 5.42. The molecule has 0 saturated carbocycles. The summed E-state index contributed by atoms with van der Waals surface area (Å²) in [6.45, 7) is 0. The van der Waals surface area contributed by atoms with Gasteiger partial charge in [0.15, 0.2) is 0 Å². The van der Waals surface area contributed by atoms with E-state index in [9.17, 15) is 14.7 Å². The molecule has 1 aliphatic rings. The van der Waals surface area contributed by atoms with Gasteiger partial charge in [-0.3, -0.25) is 9.69 Å². The first-order chi connectivity index (χ1) is 14.5. The molecule has 0 fully saturated rings. The van der Waals surface area contributed by atoms with E-state index in [1.165, 1.54) is 7.11 Å². The number of halogens is 1. The van der Waals surface area contributed by atoms with E-state index in [0.717, 1.165) is 32.3 Å². The van der Waals surface area contributed by atoms with Gasteiger partial charge in [-0.2, -0.15) is 0 Å². The first-order valence-electron chi connectivity index (χ1n) is 9.53. The Balaban J connectivity index is 1.91. The lowest BCUT2D eigenvalue weighted by molar-refractivity contribution is -0.138. The van der Waals surface area contributed by atoms with Crippen LogP contribution in [0.2, 0.25) is 0 Å². The average molecular weight is 466 g/mol. The molecule has 0 aromatic heterocycles. The summed E-state index contributed by atoms with van der Waals surface area (Å²) in [4.78, 5) is 26.4. The van der Waals surface area contributed by atoms with Crippen molar-refractivity contribution in [1.29, 1.82) is 0 Å². The molecule has 0 aliphatic heterocycles. The fraction of sp³-hybridized carbons (Fsp3) is 0.167. The van der Waals surface area contributed by atoms with Crippen LogP contribution in [0, 0.1) is 0 Å². The molecular formula is C24H20BrNO4. The van der Waals surface area contributed by atoms with Gasteiger partial charge in [0.05, 0.1) is 25.6 Å². The van der Waals surface area contributed by atoms with Gasteiger partial charge in [0.25, 0.3) is 0 Å². The van der Waals surface area contributed by atoms with Gasteiger partial charge in [-0.25, -0.2) is 4.79 Å². The summed E-state index contributed by atoms with van der Waals surface area (Å²) >= 11 is 3.41. The smallest absolute Gasteiger partial charge is 0.410 e. The van der Waals surface area contributed by atoms with Crippen LogP contribution in [0.25, 0.3) is 11.1 Å². The Morgan fingerprint density at radius 1 is 0.967 bits per heavy atom. The summed E-state index contributed by atoms with van der Waals surface area (Å²) in [5.41, 5.74) is 4.72. The molecule has 30 heavy (non-hydrogen) atoms. The third-order valence-corrected chi connectivity index (χ3v) is 5.95. The molecule has 4 rings (SSSR count). The lowest BCUT2D eigenvalue weighted by Crippen LogP contribution is -2.39. The molecule has 5 nitrogen and oxygen atoms in total. The van der Waals surface area contributed by atoms with E-state index < -0.39 is 24.1 Å². The Bertz CT molecular complexity index is 1050. The lowest BCUT2D eigenvalue weighted by Gasteiger charge is -2.36. The average Bonchev–Trinajstić information content (AvgIpc) is 3.08. The first kappa shape index (κ1) is 20.2. The third kappa shape index (κ3) is 3.59. The van der Waals surface area contributed by atoms with Crippen molar-refractivity contribution in [2.75, 3.05) is 7.11 Å². The number of ether oxygens (including phenoxy) is 1. The summed E-state index contributed by atoms with van der Waals surface area (Å²) < 4.78 is 6.02. The number of fused-ring (bicyclic) bond motifs is 3. The number of carbonyl (C=O) groups excluding carboxylic acids is 1. The van der Waals surface area contributed by atoms with Crippen LogP contribution in [0.5, 0.6) is 0 Å². The minimum Gasteiger partial charge on any atom is -0.481 e. The number of carboxylic acid groups (broad SMARTS) is 1. The minimum atomic E-state index is -0.989. The molecule has 0 bridgehead atoms. The lowest BCUT2D eigenvalue weighted by atomic mass is 9.96. The number of rotatable bonds is 5. The predicted octanol–water partition coefficient (Wildman–Crippen LogP) is 5.80. The van der Waals surface area contributed by atoms with Crippen LogP contribution in [0.15, 0.2) is 77.3 Å². The Morgan fingerprint density at radius 3 is 2.00 bits per heavy atom. The largest absolute Gasteiger partial charge is 0.481 e. The number of carbonyl (C=O) groups is 2. The number of hydrogen-bond donors (Lipinski definition) is 1. The Morgan fingerprint density at radius 2 is 1.50 bits per heavy atom. The zero-order chi connectivity index (χ0) is 21.3. The van der Waals surface area contributed by atoms with E-state index >= 15 is 0 Å². The van der Waals surface area contributed by atoms with Gasteiger partial charge < -0.3 is 9.84 Å². The predicted molar refractivity (Wildman–Crippen MR) is 117 cm³/mol. The molecule has 3 aromatic rings. The molecule has 0 radical (unpaired) electrons. The van der Waals surface area contributed by atoms with Crippen molar-refractivity contribution in [3.63, 3.8) is 0 Å². The molecule has 1 amide bonds. The van der Waals surface area contributed by atoms with Crippen LogP contribution in [-0.2, 0) is 9.53 Å². The monoisotopic (exact) mass is 465 g/mol. The Kier molecular flexibility index (Phi) is 5.59. The number of amides is 1. The van der Waals surface area contributed by atoms with Crippen molar-refractivity contribution < 1.29 is 19.4 Å². The second kappa shape index (κ2) is 8.32. The molecule has 0 heterocycles. The van der Waals surface area contributed by atoms with Gasteiger partial charge in [-0.15, -0.1) is 0 Å². The molecule has 152 valence electrons. The second-order valence-electron chi connectivity index (χ2n) is 7.12. The van der Waals surface area contributed by atoms with E-state index in [1.54, 1.807) is 4.90 Å². The topological polar surface area (TPSA) is 66.8 Å². The van der Waals surface area contributed by atoms with Crippen molar-refractivity contribution in [1.82, 2.24) is 4.90 Å². The van der Waals surface area contributed by atoms with Crippen LogP contribution in [0.1, 0.15) is 35.2 Å². The molecule has 3 aromatic carbocycles. The van der Waals surface area contributed by atoms with Gasteiger partial charge >= 0.3 is 12.1 Å². The summed E-state index contributed by atoms with van der Waals surface area (Å²) in [7, 11) is 1.32. The molecule has 0 saturated heterocycles. The zero-order valence-corrected chi connectivity index (χ0v) is 17.9. The fourth-order valence-electron chi connectivity index (χ4n) is 4.17. The van der Waals surface area contributed by atoms with Gasteiger partial charge in [0.2, 0.25) is 0 Å². The highest BCUT2D eigenvalue weighted by atomic mass is 79.9. The van der Waals surface area contributed by atoms with Gasteiger partial charge in [-0.1, -0.05) is 76.6 Å². The fourth-order valence-corrected chi connectivity index (χ4v) is 4.44. The normalized spacial score (nSPS) is 13.3. The molecule has 1 N–H and O–H groups in total. The van der Waals surface area contributed by atoms with Crippen molar-refractivity contribution in [2.45, 2.75) is 18.5 Å². The highest BCUT2D eigenvalue weighted by molar-refractivity contribution is 9.10. The summed E-state index contributed by atoms with van der Waals surface area (Å²) in [6, 6.07) is 22.0. The van der Waals surface area contributed by atoms with Gasteiger partial charge in [0.1, 0.15) is 0 Å². The van der Waals surface area contributed by atoms with Gasteiger partial charge in [-0.05, 0) is 39.9 Å². The molecule has 6 heteroatoms. The number of nitrogens with zero attached hydrogens (tertiary/aromatic N) is 1. The summed E-state index contributed by atoms with van der Waals surface area (Å²) in [6.07, 6.45) is -0.807. The second-order valence-corrected chi connectivity index (χ2v) is 8.04. The minimum absolute atomic E-state index is 0.239. The maximum atomic E-state index is 13.1. The molecule has 1 aliphatic carbocycles. The molecule has 1 unspecified atom stereocenters. The van der Waals surface area contributed by atoms with Crippen molar-refractivity contribution in [3.8, 4) is 11.1 Å². The summed E-state index contributed by atoms with van der Waals surface area (Å²) in [5, 5.41) is 9.65. The highest BCUT2D eigenvalue weighted by Crippen LogP contribution is 2.49. The maximum Gasteiger partial charge on any atom is 0.410 e. The van der Waals surface area contributed by atoms with Crippen LogP contribution in [-0.4, -0.2) is 29.2 Å². The van der Waals surface area contributed by atoms with Crippen LogP contribution in [0.3, 0.4) is 0 Å². The number of carboxylic acids is 1. The number of aliphatic carboxylic acids is 1. The highest BCUT2D eigenvalue weighted by Gasteiger charge is 2.40. The quantitative estimate of drug-likeness (QED) is 0.516. The maximum absolute atomic E-state index is 13.1. The van der Waals surface area contributed by atoms with Crippen LogP contribution >= 0.6 is 15.9 Å². The van der Waals surface area contributed by atoms with E-state index in [-0.39, 0.29) is 6.42 Å². The van der Waals surface area contributed by atoms with Crippen molar-refractivity contribution >= 4 is 28.0 Å². The standard InChI is InChI=1S/C24H20BrNO4/c1-30-24(29)26(21(14-22(27)28)15-10-12-16(25)13-11-15)23-19-8-4-2-6-17(19)18-7-3-5-9-20(18)23/h2-13,21,23H,14H2,1H3,(H,27,28). The Labute approximate surface area is 183 Å². The summed E-state index contributed by atoms with van der Waals surface area (Å²) in [5.74, 6) is -0.989. The molecule has 0 spiro atoms. The van der Waals surface area contributed by atoms with E-state index in [2.05, 4.69) is 15.9 Å². The van der Waals surface area contributed by atoms with Crippen molar-refractivity contribution in [3.05, 3.63) is 94.0 Å². The molecule has 1 atom stereocenters. The zero-order valence-electron chi connectivity index (χ0n) is 16.3. The van der Waals surface area contributed by atoms with E-state index in [0.29, 0.717) is 0 Å². The van der Waals surface area contributed by atoms with E-state index in [1.807, 2.05) is 72.8 Å². The Hall–Kier alpha value is -3.12. The number of methoxy groups -OCH3 is 1. The van der Waals surface area contributed by atoms with Crippen molar-refractivity contribution in [2.24, 2.45) is 0 Å². The SMILES string of the molecule is COC(=O)N(C(CC(=O)O)c1ccc(Br)cc1)C1c2ccccc2-c2ccccc21. The molecular weight excluding hydrogens is 446 g/mol. The van der Waals surface area contributed by atoms with Crippen LogP contribution < -0.4 is 0 Å². The van der Waals surface area contributed by atoms with Gasteiger partial charge in [0, 0.05) is 4.47 Å².